The van der Waals surface area contributed by atoms with Crippen LogP contribution in [0.25, 0.3) is 0 Å². The topological polar surface area (TPSA) is 117 Å². The van der Waals surface area contributed by atoms with E-state index in [1.165, 1.54) is 31.2 Å². The van der Waals surface area contributed by atoms with Crippen molar-refractivity contribution in [1.82, 2.24) is 4.90 Å². The Labute approximate surface area is 264 Å². The van der Waals surface area contributed by atoms with Crippen LogP contribution in [0.2, 0.25) is 0 Å². The second-order valence-electron chi connectivity index (χ2n) is 12.1. The first-order valence-corrected chi connectivity index (χ1v) is 15.4. The third-order valence-electron chi connectivity index (χ3n) is 10.0. The van der Waals surface area contributed by atoms with Gasteiger partial charge in [0, 0.05) is 43.4 Å². The number of methoxy groups -OCH3 is 1. The zero-order valence-electron chi connectivity index (χ0n) is 24.2. The van der Waals surface area contributed by atoms with Crippen molar-refractivity contribution < 1.29 is 33.8 Å². The molecule has 3 heterocycles. The van der Waals surface area contributed by atoms with Crippen LogP contribution in [0.15, 0.2) is 54.1 Å². The molecule has 2 aliphatic carbocycles. The van der Waals surface area contributed by atoms with E-state index >= 15 is 0 Å². The quantitative estimate of drug-likeness (QED) is 0.307. The van der Waals surface area contributed by atoms with Crippen molar-refractivity contribution in [2.75, 3.05) is 50.3 Å². The largest absolute Gasteiger partial charge is 0.508 e. The second kappa shape index (κ2) is 10.2. The monoisotopic (exact) mass is 639 g/mol. The molecule has 10 nitrogen and oxygen atoms in total. The summed E-state index contributed by atoms with van der Waals surface area (Å²) in [5.41, 5.74) is 2.55. The number of fused-ring (bicyclic) bond motifs is 4. The summed E-state index contributed by atoms with van der Waals surface area (Å²) in [4.78, 5) is 56.0. The molecule has 0 aromatic heterocycles. The summed E-state index contributed by atoms with van der Waals surface area (Å²) >= 11 is 14.5. The first-order valence-electron chi connectivity index (χ1n) is 14.6. The first-order chi connectivity index (χ1) is 21.0. The van der Waals surface area contributed by atoms with E-state index in [0.717, 1.165) is 23.7 Å². The molecule has 12 heteroatoms. The summed E-state index contributed by atoms with van der Waals surface area (Å²) in [5.74, 6) is -4.90. The third-order valence-corrected chi connectivity index (χ3v) is 11.4. The molecule has 0 spiro atoms. The molecular weight excluding hydrogens is 609 g/mol. The number of morpholine rings is 1. The van der Waals surface area contributed by atoms with Crippen LogP contribution in [0.5, 0.6) is 11.5 Å². The highest BCUT2D eigenvalue weighted by Crippen LogP contribution is 2.66. The van der Waals surface area contributed by atoms with Gasteiger partial charge >= 0.3 is 0 Å². The van der Waals surface area contributed by atoms with Gasteiger partial charge in [0.15, 0.2) is 9.75 Å². The SMILES string of the molecule is COc1cc(O)ccc1C1C2=CCC3C(=O)N(c4ccc(N5CCOCC5)cc4)C(=O)C3C2CC2(Cl)C(=O)N(C)C(=O)C12Cl. The number of phenolic OH excluding ortho intramolecular Hbond substituents is 1. The number of allylic oxidation sites excluding steroid dienone is 2. The third kappa shape index (κ3) is 3.83. The van der Waals surface area contributed by atoms with Crippen LogP contribution in [-0.2, 0) is 23.9 Å². The molecule has 1 saturated carbocycles. The minimum atomic E-state index is -1.93. The highest BCUT2D eigenvalue weighted by atomic mass is 35.5. The maximum atomic E-state index is 14.2. The van der Waals surface area contributed by atoms with Crippen molar-refractivity contribution in [2.24, 2.45) is 17.8 Å². The molecule has 3 aliphatic heterocycles. The van der Waals surface area contributed by atoms with E-state index in [9.17, 15) is 24.3 Å². The smallest absolute Gasteiger partial charge is 0.253 e. The van der Waals surface area contributed by atoms with Gasteiger partial charge in [-0.3, -0.25) is 29.0 Å². The molecule has 7 rings (SSSR count). The molecule has 230 valence electrons. The Morgan fingerprint density at radius 2 is 1.61 bits per heavy atom. The molecule has 2 aromatic rings. The Hall–Kier alpha value is -3.60. The molecule has 6 unspecified atom stereocenters. The molecule has 4 fully saturated rings. The van der Waals surface area contributed by atoms with Crippen molar-refractivity contribution in [3.8, 4) is 11.5 Å². The maximum Gasteiger partial charge on any atom is 0.253 e. The second-order valence-corrected chi connectivity index (χ2v) is 13.3. The molecule has 44 heavy (non-hydrogen) atoms. The number of anilines is 2. The number of aromatic hydroxyl groups is 1. The summed E-state index contributed by atoms with van der Waals surface area (Å²) in [5, 5.41) is 10.2. The summed E-state index contributed by atoms with van der Waals surface area (Å²) in [7, 11) is 2.77. The lowest BCUT2D eigenvalue weighted by atomic mass is 9.56. The van der Waals surface area contributed by atoms with E-state index in [-0.39, 0.29) is 36.2 Å². The summed E-state index contributed by atoms with van der Waals surface area (Å²) < 4.78 is 11.0. The van der Waals surface area contributed by atoms with Crippen LogP contribution < -0.4 is 14.5 Å². The Morgan fingerprint density at radius 1 is 0.932 bits per heavy atom. The Balaban J connectivity index is 1.30. The van der Waals surface area contributed by atoms with E-state index in [2.05, 4.69) is 4.90 Å². The Morgan fingerprint density at radius 3 is 2.30 bits per heavy atom. The Bertz CT molecular complexity index is 1620. The summed E-state index contributed by atoms with van der Waals surface area (Å²) in [6.45, 7) is 2.79. The molecule has 0 bridgehead atoms. The van der Waals surface area contributed by atoms with Gasteiger partial charge in [0.2, 0.25) is 11.8 Å². The Kier molecular flexibility index (Phi) is 6.77. The first kappa shape index (κ1) is 29.1. The minimum Gasteiger partial charge on any atom is -0.508 e. The van der Waals surface area contributed by atoms with Gasteiger partial charge in [-0.15, -0.1) is 23.2 Å². The number of nitrogens with zero attached hydrogens (tertiary/aromatic N) is 3. The van der Waals surface area contributed by atoms with Gasteiger partial charge in [0.05, 0.1) is 37.8 Å². The fourth-order valence-corrected chi connectivity index (χ4v) is 8.93. The number of phenols is 1. The highest BCUT2D eigenvalue weighted by molar-refractivity contribution is 6.53. The molecule has 4 amide bonds. The predicted octanol–water partition coefficient (Wildman–Crippen LogP) is 3.43. The number of ether oxygens (including phenoxy) is 2. The lowest BCUT2D eigenvalue weighted by molar-refractivity contribution is -0.138. The lowest BCUT2D eigenvalue weighted by Gasteiger charge is -2.51. The maximum absolute atomic E-state index is 14.2. The molecular formula is C32H31Cl2N3O7. The zero-order chi connectivity index (χ0) is 31.1. The number of carbonyl (C=O) groups is 4. The van der Waals surface area contributed by atoms with Crippen LogP contribution in [0.1, 0.15) is 24.3 Å². The van der Waals surface area contributed by atoms with Gasteiger partial charge in [0.25, 0.3) is 11.8 Å². The molecule has 5 aliphatic rings. The lowest BCUT2D eigenvalue weighted by Crippen LogP contribution is -2.60. The number of likely N-dealkylation sites (tertiary alicyclic amines) is 1. The van der Waals surface area contributed by atoms with Crippen molar-refractivity contribution >= 4 is 58.2 Å². The average Bonchev–Trinajstić information content (AvgIpc) is 3.36. The van der Waals surface area contributed by atoms with Crippen LogP contribution in [0.4, 0.5) is 11.4 Å². The number of amides is 4. The van der Waals surface area contributed by atoms with Crippen LogP contribution in [0, 0.1) is 17.8 Å². The molecule has 1 N–H and O–H groups in total. The van der Waals surface area contributed by atoms with Gasteiger partial charge in [-0.1, -0.05) is 17.7 Å². The van der Waals surface area contributed by atoms with E-state index in [1.807, 2.05) is 18.2 Å². The average molecular weight is 641 g/mol. The van der Waals surface area contributed by atoms with Gasteiger partial charge in [-0.2, -0.15) is 0 Å². The van der Waals surface area contributed by atoms with Gasteiger partial charge < -0.3 is 19.5 Å². The number of alkyl halides is 2. The van der Waals surface area contributed by atoms with Crippen LogP contribution in [-0.4, -0.2) is 83.8 Å². The standard InChI is InChI=1S/C32H31Cl2N3O7/c1-35-29(41)31(33)16-23-20(26(32(31,34)30(35)42)21-8-7-19(38)15-24(21)43-2)9-10-22-25(23)28(40)37(27(22)39)18-5-3-17(4-6-18)36-11-13-44-14-12-36/h3-9,15,22-23,25-26,38H,10-14,16H2,1-2H3. The zero-order valence-corrected chi connectivity index (χ0v) is 25.7. The predicted molar refractivity (Wildman–Crippen MR) is 162 cm³/mol. The van der Waals surface area contributed by atoms with E-state index < -0.39 is 45.2 Å². The molecule has 6 atom stereocenters. The van der Waals surface area contributed by atoms with Gasteiger partial charge in [0.1, 0.15) is 11.5 Å². The van der Waals surface area contributed by atoms with Crippen molar-refractivity contribution in [3.05, 3.63) is 59.7 Å². The number of halogens is 2. The fraction of sp³-hybridized carbons (Fsp3) is 0.438. The fourth-order valence-electron chi connectivity index (χ4n) is 7.92. The summed E-state index contributed by atoms with van der Waals surface area (Å²) in [6, 6.07) is 11.8. The number of benzene rings is 2. The summed E-state index contributed by atoms with van der Waals surface area (Å²) in [6.07, 6.45) is 2.02. The minimum absolute atomic E-state index is 0.0609. The van der Waals surface area contributed by atoms with E-state index in [0.29, 0.717) is 30.0 Å². The van der Waals surface area contributed by atoms with Crippen LogP contribution >= 0.6 is 23.2 Å². The van der Waals surface area contributed by atoms with Crippen molar-refractivity contribution in [3.63, 3.8) is 0 Å². The normalized spacial score (nSPS) is 33.3. The van der Waals surface area contributed by atoms with E-state index in [4.69, 9.17) is 32.7 Å². The van der Waals surface area contributed by atoms with Crippen molar-refractivity contribution in [2.45, 2.75) is 28.5 Å². The van der Waals surface area contributed by atoms with E-state index in [1.54, 1.807) is 18.2 Å². The number of hydrogen-bond donors (Lipinski definition) is 1. The van der Waals surface area contributed by atoms with Gasteiger partial charge in [-0.25, -0.2) is 0 Å². The number of hydrogen-bond acceptors (Lipinski definition) is 8. The molecule has 3 saturated heterocycles. The molecule has 2 aromatic carbocycles. The number of carbonyl (C=O) groups excluding carboxylic acids is 4. The van der Waals surface area contributed by atoms with Gasteiger partial charge in [-0.05, 0) is 49.1 Å². The highest BCUT2D eigenvalue weighted by Gasteiger charge is 2.76. The number of imide groups is 2. The number of rotatable bonds is 4. The van der Waals surface area contributed by atoms with Crippen LogP contribution in [0.3, 0.4) is 0 Å². The molecule has 0 radical (unpaired) electrons. The van der Waals surface area contributed by atoms with Crippen molar-refractivity contribution in [1.29, 1.82) is 0 Å².